The number of carboxylic acid groups (broad SMARTS) is 1. The molecule has 0 saturated carbocycles. The van der Waals surface area contributed by atoms with Crippen LogP contribution in [0.2, 0.25) is 0 Å². The third-order valence-corrected chi connectivity index (χ3v) is 5.49. The van der Waals surface area contributed by atoms with Crippen molar-refractivity contribution in [3.05, 3.63) is 0 Å². The van der Waals surface area contributed by atoms with Gasteiger partial charge in [-0.15, -0.1) is 0 Å². The van der Waals surface area contributed by atoms with Crippen molar-refractivity contribution in [2.75, 3.05) is 0 Å². The minimum atomic E-state index is -1.15. The molecule has 0 aliphatic rings. The Bertz CT molecular complexity index is 712. The Balaban J connectivity index is 5.53. The lowest BCUT2D eigenvalue weighted by Crippen LogP contribution is -2.58. The maximum Gasteiger partial charge on any atom is 0.326 e. The van der Waals surface area contributed by atoms with Gasteiger partial charge in [0.15, 0.2) is 0 Å². The van der Waals surface area contributed by atoms with E-state index in [1.54, 1.807) is 6.92 Å². The first-order valence-electron chi connectivity index (χ1n) is 11.9. The summed E-state index contributed by atoms with van der Waals surface area (Å²) in [7, 11) is 0. The Hall–Kier alpha value is -2.69. The highest BCUT2D eigenvalue weighted by atomic mass is 16.4. The number of hydrogen-bond acceptors (Lipinski definition) is 6. The zero-order valence-electron chi connectivity index (χ0n) is 21.2. The summed E-state index contributed by atoms with van der Waals surface area (Å²) >= 11 is 0. The second-order valence-electron chi connectivity index (χ2n) is 9.70. The number of carbonyl (C=O) groups excluding carboxylic acids is 4. The first-order chi connectivity index (χ1) is 15.7. The van der Waals surface area contributed by atoms with Crippen LogP contribution in [0.15, 0.2) is 0 Å². The smallest absolute Gasteiger partial charge is 0.326 e. The topological polar surface area (TPSA) is 194 Å². The largest absolute Gasteiger partial charge is 0.480 e. The van der Waals surface area contributed by atoms with E-state index in [0.717, 1.165) is 0 Å². The van der Waals surface area contributed by atoms with Crippen molar-refractivity contribution < 1.29 is 29.1 Å². The Morgan fingerprint density at radius 1 is 0.794 bits per heavy atom. The van der Waals surface area contributed by atoms with Gasteiger partial charge >= 0.3 is 5.97 Å². The molecular formula is C23H43N5O6. The summed E-state index contributed by atoms with van der Waals surface area (Å²) in [5, 5.41) is 17.3. The van der Waals surface area contributed by atoms with Gasteiger partial charge in [0.05, 0.1) is 6.04 Å². The van der Waals surface area contributed by atoms with E-state index >= 15 is 0 Å². The summed E-state index contributed by atoms with van der Waals surface area (Å²) in [6.45, 7) is 11.1. The van der Waals surface area contributed by atoms with Crippen LogP contribution in [-0.2, 0) is 24.0 Å². The van der Waals surface area contributed by atoms with Gasteiger partial charge in [0, 0.05) is 6.42 Å². The lowest BCUT2D eigenvalue weighted by atomic mass is 9.96. The van der Waals surface area contributed by atoms with Crippen molar-refractivity contribution in [1.82, 2.24) is 16.0 Å². The molecule has 0 radical (unpaired) electrons. The molecule has 0 aliphatic heterocycles. The number of carboxylic acids is 1. The zero-order chi connectivity index (χ0) is 26.6. The van der Waals surface area contributed by atoms with E-state index in [0.29, 0.717) is 6.42 Å². The summed E-state index contributed by atoms with van der Waals surface area (Å²) < 4.78 is 0. The second-order valence-corrected chi connectivity index (χ2v) is 9.70. The third kappa shape index (κ3) is 12.0. The van der Waals surface area contributed by atoms with Gasteiger partial charge in [-0.2, -0.15) is 0 Å². The SMILES string of the molecule is CCC(C)C(NC(=O)C(N)CCC(N)=O)C(=O)NC(CC(C)C)C(=O)NC(CC(C)C)C(=O)O. The van der Waals surface area contributed by atoms with Crippen molar-refractivity contribution in [2.24, 2.45) is 29.2 Å². The van der Waals surface area contributed by atoms with Crippen molar-refractivity contribution >= 4 is 29.6 Å². The van der Waals surface area contributed by atoms with Gasteiger partial charge in [-0.25, -0.2) is 4.79 Å². The molecule has 11 nitrogen and oxygen atoms in total. The van der Waals surface area contributed by atoms with Crippen LogP contribution in [-0.4, -0.2) is 58.9 Å². The molecule has 5 unspecified atom stereocenters. The molecule has 0 aromatic rings. The van der Waals surface area contributed by atoms with Gasteiger partial charge in [0.1, 0.15) is 18.1 Å². The van der Waals surface area contributed by atoms with Gasteiger partial charge in [-0.05, 0) is 37.0 Å². The molecule has 0 rings (SSSR count). The van der Waals surface area contributed by atoms with E-state index in [1.807, 2.05) is 34.6 Å². The van der Waals surface area contributed by atoms with Crippen LogP contribution in [0.3, 0.4) is 0 Å². The number of aliphatic carboxylic acids is 1. The van der Waals surface area contributed by atoms with Crippen LogP contribution in [0.4, 0.5) is 0 Å². The molecule has 0 bridgehead atoms. The normalized spacial score (nSPS) is 15.7. The molecule has 0 aromatic heterocycles. The van der Waals surface area contributed by atoms with Gasteiger partial charge in [-0.3, -0.25) is 19.2 Å². The molecule has 11 heteroatoms. The molecule has 0 heterocycles. The first kappa shape index (κ1) is 31.3. The number of carbonyl (C=O) groups is 5. The lowest BCUT2D eigenvalue weighted by Gasteiger charge is -2.28. The minimum absolute atomic E-state index is 0.0308. The summed E-state index contributed by atoms with van der Waals surface area (Å²) in [4.78, 5) is 61.1. The van der Waals surface area contributed by atoms with E-state index in [4.69, 9.17) is 11.5 Å². The van der Waals surface area contributed by atoms with Crippen molar-refractivity contribution in [1.29, 1.82) is 0 Å². The molecule has 0 saturated heterocycles. The quantitative estimate of drug-likeness (QED) is 0.180. The zero-order valence-corrected chi connectivity index (χ0v) is 21.2. The maximum atomic E-state index is 13.1. The summed E-state index contributed by atoms with van der Waals surface area (Å²) in [5.74, 6) is -3.70. The number of amides is 4. The molecule has 4 amide bonds. The highest BCUT2D eigenvalue weighted by molar-refractivity contribution is 5.94. The molecule has 0 fully saturated rings. The van der Waals surface area contributed by atoms with E-state index in [-0.39, 0.29) is 43.4 Å². The third-order valence-electron chi connectivity index (χ3n) is 5.49. The number of rotatable bonds is 16. The van der Waals surface area contributed by atoms with Crippen LogP contribution in [0.5, 0.6) is 0 Å². The summed E-state index contributed by atoms with van der Waals surface area (Å²) in [5.41, 5.74) is 10.9. The molecule has 0 aromatic carbocycles. The number of primary amides is 1. The predicted octanol–water partition coefficient (Wildman–Crippen LogP) is 0.257. The van der Waals surface area contributed by atoms with Crippen molar-refractivity contribution in [3.63, 3.8) is 0 Å². The lowest BCUT2D eigenvalue weighted by molar-refractivity contribution is -0.143. The number of nitrogens with two attached hydrogens (primary N) is 2. The Kier molecular flexibility index (Phi) is 14.1. The van der Waals surface area contributed by atoms with Crippen molar-refractivity contribution in [3.8, 4) is 0 Å². The van der Waals surface area contributed by atoms with Crippen LogP contribution >= 0.6 is 0 Å². The van der Waals surface area contributed by atoms with Crippen LogP contribution in [0.25, 0.3) is 0 Å². The van der Waals surface area contributed by atoms with E-state index in [1.165, 1.54) is 0 Å². The maximum absolute atomic E-state index is 13.1. The molecule has 196 valence electrons. The van der Waals surface area contributed by atoms with E-state index in [2.05, 4.69) is 16.0 Å². The van der Waals surface area contributed by atoms with E-state index < -0.39 is 53.8 Å². The number of nitrogens with one attached hydrogen (secondary N) is 3. The Labute approximate surface area is 202 Å². The fourth-order valence-electron chi connectivity index (χ4n) is 3.32. The predicted molar refractivity (Wildman–Crippen MR) is 128 cm³/mol. The van der Waals surface area contributed by atoms with E-state index in [9.17, 15) is 29.1 Å². The van der Waals surface area contributed by atoms with Gasteiger partial charge in [-0.1, -0.05) is 48.0 Å². The average Bonchev–Trinajstić information content (AvgIpc) is 2.72. The molecule has 0 spiro atoms. The minimum Gasteiger partial charge on any atom is -0.480 e. The van der Waals surface area contributed by atoms with Crippen molar-refractivity contribution in [2.45, 2.75) is 97.8 Å². The molecule has 0 aliphatic carbocycles. The molecule has 8 N–H and O–H groups in total. The highest BCUT2D eigenvalue weighted by Gasteiger charge is 2.32. The standard InChI is InChI=1S/C23H43N5O6/c1-7-14(6)19(28-20(30)15(24)8-9-18(25)29)22(32)26-16(10-12(2)3)21(31)27-17(23(33)34)11-13(4)5/h12-17,19H,7-11,24H2,1-6H3,(H2,25,29)(H,26,32)(H,27,31)(H,28,30)(H,33,34). The Morgan fingerprint density at radius 3 is 1.74 bits per heavy atom. The molecular weight excluding hydrogens is 442 g/mol. The van der Waals surface area contributed by atoms with Gasteiger partial charge in [0.2, 0.25) is 23.6 Å². The fourth-order valence-corrected chi connectivity index (χ4v) is 3.32. The molecule has 5 atom stereocenters. The van der Waals surface area contributed by atoms with Crippen LogP contribution in [0.1, 0.15) is 73.6 Å². The second kappa shape index (κ2) is 15.3. The average molecular weight is 486 g/mol. The molecule has 34 heavy (non-hydrogen) atoms. The summed E-state index contributed by atoms with van der Waals surface area (Å²) in [6, 6.07) is -4.04. The van der Waals surface area contributed by atoms with Crippen LogP contribution in [0, 0.1) is 17.8 Å². The first-order valence-corrected chi connectivity index (χ1v) is 11.9. The van der Waals surface area contributed by atoms with Crippen LogP contribution < -0.4 is 27.4 Å². The fraction of sp³-hybridized carbons (Fsp3) is 0.783. The number of hydrogen-bond donors (Lipinski definition) is 6. The van der Waals surface area contributed by atoms with Gasteiger partial charge < -0.3 is 32.5 Å². The van der Waals surface area contributed by atoms with Gasteiger partial charge in [0.25, 0.3) is 0 Å². The monoisotopic (exact) mass is 485 g/mol. The highest BCUT2D eigenvalue weighted by Crippen LogP contribution is 2.12. The Morgan fingerprint density at radius 2 is 1.29 bits per heavy atom. The summed E-state index contributed by atoms with van der Waals surface area (Å²) in [6.07, 6.45) is 1.07.